The number of nitrogens with zero attached hydrogens (tertiary/aromatic N) is 5. The first-order valence-corrected chi connectivity index (χ1v) is 12.2. The van der Waals surface area contributed by atoms with Crippen LogP contribution in [0, 0.1) is 0 Å². The summed E-state index contributed by atoms with van der Waals surface area (Å²) in [6.45, 7) is 1.76. The molecule has 3 amide bonds. The summed E-state index contributed by atoms with van der Waals surface area (Å²) in [6.07, 6.45) is 2.33. The highest BCUT2D eigenvalue weighted by molar-refractivity contribution is 7.91. The number of carbonyl (C=O) groups excluding carboxylic acids is 3. The number of rotatable bonds is 4. The maximum absolute atomic E-state index is 12.8. The Morgan fingerprint density at radius 3 is 2.66 bits per heavy atom. The van der Waals surface area contributed by atoms with E-state index in [9.17, 15) is 22.8 Å². The van der Waals surface area contributed by atoms with Gasteiger partial charge in [-0.2, -0.15) is 0 Å². The van der Waals surface area contributed by atoms with Crippen molar-refractivity contribution >= 4 is 27.6 Å². The van der Waals surface area contributed by atoms with Crippen LogP contribution in [0.3, 0.4) is 0 Å². The van der Waals surface area contributed by atoms with Crippen molar-refractivity contribution in [1.29, 1.82) is 0 Å². The molecule has 2 fully saturated rings. The fourth-order valence-electron chi connectivity index (χ4n) is 4.34. The molecule has 0 spiro atoms. The molecule has 0 bridgehead atoms. The minimum atomic E-state index is -2.93. The van der Waals surface area contributed by atoms with E-state index in [2.05, 4.69) is 15.6 Å². The van der Waals surface area contributed by atoms with E-state index >= 15 is 0 Å². The largest absolute Gasteiger partial charge is 0.322 e. The molecular formula is C20H22N6O5S. The average molecular weight is 459 g/mol. The highest BCUT2D eigenvalue weighted by Gasteiger charge is 2.39. The van der Waals surface area contributed by atoms with Crippen molar-refractivity contribution < 1.29 is 22.8 Å². The lowest BCUT2D eigenvalue weighted by Crippen LogP contribution is -2.52. The van der Waals surface area contributed by atoms with Crippen molar-refractivity contribution in [3.63, 3.8) is 0 Å². The molecule has 3 aliphatic heterocycles. The molecule has 4 heterocycles. The Morgan fingerprint density at radius 1 is 1.12 bits per heavy atom. The summed E-state index contributed by atoms with van der Waals surface area (Å²) < 4.78 is 24.8. The highest BCUT2D eigenvalue weighted by atomic mass is 32.2. The monoisotopic (exact) mass is 458 g/mol. The standard InChI is InChI=1S/C20H22N6O5S/c27-18-4-3-17(19(28)21-18)25-10-13-9-15(1-2-16(13)20(25)29)26-12-14(22-23-26)11-24-5-7-32(30,31)8-6-24/h1-2,9,12,17H,3-8,10-11H2,(H,21,27,28). The van der Waals surface area contributed by atoms with E-state index in [0.717, 1.165) is 16.9 Å². The molecule has 1 N–H and O–H groups in total. The Hall–Kier alpha value is -3.12. The fourth-order valence-corrected chi connectivity index (χ4v) is 5.61. The molecule has 2 saturated heterocycles. The number of benzene rings is 1. The number of nitrogens with one attached hydrogen (secondary N) is 1. The SMILES string of the molecule is O=C1CCC(N2Cc3cc(-n4cc(CN5CCS(=O)(=O)CC5)nn4)ccc3C2=O)C(=O)N1. The molecule has 1 aromatic heterocycles. The van der Waals surface area contributed by atoms with Gasteiger partial charge in [0, 0.05) is 38.2 Å². The van der Waals surface area contributed by atoms with Crippen LogP contribution in [-0.2, 0) is 32.5 Å². The first-order valence-electron chi connectivity index (χ1n) is 10.4. The number of aromatic nitrogens is 3. The summed E-state index contributed by atoms with van der Waals surface area (Å²) in [6, 6.07) is 4.69. The van der Waals surface area contributed by atoms with Crippen LogP contribution >= 0.6 is 0 Å². The molecule has 32 heavy (non-hydrogen) atoms. The number of carbonyl (C=O) groups is 3. The lowest BCUT2D eigenvalue weighted by Gasteiger charge is -2.29. The minimum Gasteiger partial charge on any atom is -0.322 e. The average Bonchev–Trinajstić information content (AvgIpc) is 3.34. The smallest absolute Gasteiger partial charge is 0.255 e. The van der Waals surface area contributed by atoms with Gasteiger partial charge in [-0.15, -0.1) is 5.10 Å². The van der Waals surface area contributed by atoms with E-state index in [1.54, 1.807) is 23.0 Å². The summed E-state index contributed by atoms with van der Waals surface area (Å²) in [5.74, 6) is -0.659. The van der Waals surface area contributed by atoms with Crippen LogP contribution < -0.4 is 5.32 Å². The molecule has 1 unspecified atom stereocenters. The normalized spacial score (nSPS) is 23.3. The van der Waals surface area contributed by atoms with E-state index in [1.165, 1.54) is 4.90 Å². The molecular weight excluding hydrogens is 436 g/mol. The van der Waals surface area contributed by atoms with Crippen LogP contribution in [0.4, 0.5) is 0 Å². The third kappa shape index (κ3) is 3.91. The molecule has 168 valence electrons. The molecule has 0 aliphatic carbocycles. The van der Waals surface area contributed by atoms with Crippen molar-refractivity contribution in [2.75, 3.05) is 24.6 Å². The number of fused-ring (bicyclic) bond motifs is 1. The second-order valence-corrected chi connectivity index (χ2v) is 10.6. The van der Waals surface area contributed by atoms with Crippen molar-refractivity contribution in [1.82, 2.24) is 30.1 Å². The molecule has 5 rings (SSSR count). The second-order valence-electron chi connectivity index (χ2n) is 8.32. The number of sulfone groups is 1. The van der Waals surface area contributed by atoms with Crippen LogP contribution in [-0.4, -0.2) is 81.6 Å². The lowest BCUT2D eigenvalue weighted by molar-refractivity contribution is -0.136. The van der Waals surface area contributed by atoms with Crippen LogP contribution in [0.15, 0.2) is 24.4 Å². The lowest BCUT2D eigenvalue weighted by atomic mass is 10.0. The summed E-state index contributed by atoms with van der Waals surface area (Å²) in [7, 11) is -2.93. The third-order valence-corrected chi connectivity index (χ3v) is 7.74. The van der Waals surface area contributed by atoms with Gasteiger partial charge in [-0.05, 0) is 30.2 Å². The van der Waals surface area contributed by atoms with Crippen LogP contribution in [0.2, 0.25) is 0 Å². The van der Waals surface area contributed by atoms with E-state index in [4.69, 9.17) is 0 Å². The van der Waals surface area contributed by atoms with Gasteiger partial charge in [-0.1, -0.05) is 5.21 Å². The maximum Gasteiger partial charge on any atom is 0.255 e. The van der Waals surface area contributed by atoms with Crippen molar-refractivity contribution in [3.05, 3.63) is 41.2 Å². The van der Waals surface area contributed by atoms with E-state index in [1.807, 2.05) is 11.0 Å². The maximum atomic E-state index is 12.8. The Bertz CT molecular complexity index is 1210. The minimum absolute atomic E-state index is 0.156. The van der Waals surface area contributed by atoms with Gasteiger partial charge < -0.3 is 4.90 Å². The molecule has 2 aromatic rings. The van der Waals surface area contributed by atoms with E-state index < -0.39 is 21.8 Å². The number of imide groups is 1. The van der Waals surface area contributed by atoms with Gasteiger partial charge >= 0.3 is 0 Å². The van der Waals surface area contributed by atoms with Gasteiger partial charge in [0.25, 0.3) is 5.91 Å². The Balaban J connectivity index is 1.29. The number of hydrogen-bond acceptors (Lipinski definition) is 8. The van der Waals surface area contributed by atoms with Gasteiger partial charge in [-0.25, -0.2) is 13.1 Å². The van der Waals surface area contributed by atoms with Gasteiger partial charge in [0.1, 0.15) is 6.04 Å². The highest BCUT2D eigenvalue weighted by Crippen LogP contribution is 2.29. The van der Waals surface area contributed by atoms with Crippen LogP contribution in [0.5, 0.6) is 0 Å². The first kappa shape index (κ1) is 20.8. The molecule has 11 nitrogen and oxygen atoms in total. The quantitative estimate of drug-likeness (QED) is 0.592. The van der Waals surface area contributed by atoms with Gasteiger partial charge in [0.15, 0.2) is 9.84 Å². The summed E-state index contributed by atoms with van der Waals surface area (Å²) in [4.78, 5) is 40.0. The fraction of sp³-hybridized carbons (Fsp3) is 0.450. The topological polar surface area (TPSA) is 135 Å². The summed E-state index contributed by atoms with van der Waals surface area (Å²) in [5, 5.41) is 10.7. The van der Waals surface area contributed by atoms with Gasteiger partial charge in [0.2, 0.25) is 11.8 Å². The molecule has 3 aliphatic rings. The van der Waals surface area contributed by atoms with Gasteiger partial charge in [-0.3, -0.25) is 24.6 Å². The molecule has 0 saturated carbocycles. The zero-order valence-electron chi connectivity index (χ0n) is 17.2. The van der Waals surface area contributed by atoms with E-state index in [0.29, 0.717) is 31.6 Å². The second kappa shape index (κ2) is 7.78. The zero-order valence-corrected chi connectivity index (χ0v) is 18.0. The molecule has 0 radical (unpaired) electrons. The van der Waals surface area contributed by atoms with Crippen LogP contribution in [0.1, 0.15) is 34.5 Å². The number of piperidine rings is 1. The molecule has 1 atom stereocenters. The Morgan fingerprint density at radius 2 is 1.91 bits per heavy atom. The predicted molar refractivity (Wildman–Crippen MR) is 111 cm³/mol. The Kier molecular flexibility index (Phi) is 5.05. The molecule has 1 aromatic carbocycles. The van der Waals surface area contributed by atoms with Gasteiger partial charge in [0.05, 0.1) is 29.1 Å². The Labute approximate surface area is 184 Å². The van der Waals surface area contributed by atoms with Crippen molar-refractivity contribution in [2.24, 2.45) is 0 Å². The first-order chi connectivity index (χ1) is 15.3. The van der Waals surface area contributed by atoms with E-state index in [-0.39, 0.29) is 36.3 Å². The number of hydrogen-bond donors (Lipinski definition) is 1. The van der Waals surface area contributed by atoms with Crippen molar-refractivity contribution in [2.45, 2.75) is 32.0 Å². The van der Waals surface area contributed by atoms with Crippen LogP contribution in [0.25, 0.3) is 5.69 Å². The predicted octanol–water partition coefficient (Wildman–Crippen LogP) is -0.741. The zero-order chi connectivity index (χ0) is 22.5. The molecule has 12 heteroatoms. The third-order valence-electron chi connectivity index (χ3n) is 6.14. The summed E-state index contributed by atoms with van der Waals surface area (Å²) in [5.41, 5.74) is 2.79. The van der Waals surface area contributed by atoms with Crippen molar-refractivity contribution in [3.8, 4) is 5.69 Å². The summed E-state index contributed by atoms with van der Waals surface area (Å²) >= 11 is 0. The number of amides is 3.